The molecule has 0 saturated carbocycles. The van der Waals surface area contributed by atoms with Crippen LogP contribution in [0.25, 0.3) is 0 Å². The Kier molecular flexibility index (Phi) is 5.47. The number of nitrogens with zero attached hydrogens (tertiary/aromatic N) is 1. The molecule has 1 aliphatic heterocycles. The molecule has 0 N–H and O–H groups in total. The number of rotatable bonds is 5. The summed E-state index contributed by atoms with van der Waals surface area (Å²) >= 11 is 0. The van der Waals surface area contributed by atoms with Gasteiger partial charge in [0.15, 0.2) is 8.24 Å². The summed E-state index contributed by atoms with van der Waals surface area (Å²) in [6.45, 7) is 25.1. The first-order valence-electron chi connectivity index (χ1n) is 9.82. The molecule has 142 valence electrons. The van der Waals surface area contributed by atoms with E-state index < -0.39 is 8.24 Å². The smallest absolute Gasteiger partial charge is 0.399 e. The average Bonchev–Trinajstić information content (AvgIpc) is 2.87. The van der Waals surface area contributed by atoms with Gasteiger partial charge in [-0.1, -0.05) is 41.5 Å². The van der Waals surface area contributed by atoms with Crippen molar-refractivity contribution < 1.29 is 9.31 Å². The fourth-order valence-corrected chi connectivity index (χ4v) is 11.5. The van der Waals surface area contributed by atoms with E-state index in [9.17, 15) is 0 Å². The fraction of sp³-hybridized carbons (Fsp3) is 0.800. The molecule has 0 atom stereocenters. The number of hydrogen-bond acceptors (Lipinski definition) is 2. The molecule has 0 radical (unpaired) electrons. The van der Waals surface area contributed by atoms with Gasteiger partial charge in [-0.15, -0.1) is 0 Å². The van der Waals surface area contributed by atoms with Crippen LogP contribution in [0.15, 0.2) is 12.4 Å². The highest BCUT2D eigenvalue weighted by Gasteiger charge is 2.53. The van der Waals surface area contributed by atoms with Gasteiger partial charge in [0, 0.05) is 5.46 Å². The maximum Gasteiger partial charge on any atom is 0.496 e. The third kappa shape index (κ3) is 3.17. The van der Waals surface area contributed by atoms with Crippen LogP contribution in [0.4, 0.5) is 0 Å². The van der Waals surface area contributed by atoms with Crippen molar-refractivity contribution >= 4 is 20.8 Å². The van der Waals surface area contributed by atoms with E-state index in [-0.39, 0.29) is 18.3 Å². The van der Waals surface area contributed by atoms with Gasteiger partial charge in [-0.3, -0.25) is 0 Å². The minimum absolute atomic E-state index is 0.274. The summed E-state index contributed by atoms with van der Waals surface area (Å²) in [4.78, 5) is 0. The van der Waals surface area contributed by atoms with Crippen molar-refractivity contribution in [3.8, 4) is 0 Å². The summed E-state index contributed by atoms with van der Waals surface area (Å²) in [7, 11) is -2.00. The third-order valence-electron chi connectivity index (χ3n) is 6.80. The lowest BCUT2D eigenvalue weighted by Gasteiger charge is -2.44. The molecule has 0 aromatic carbocycles. The van der Waals surface area contributed by atoms with Crippen LogP contribution in [0.3, 0.4) is 0 Å². The Hall–Kier alpha value is -0.518. The zero-order chi connectivity index (χ0) is 19.4. The van der Waals surface area contributed by atoms with Gasteiger partial charge in [-0.2, -0.15) is 0 Å². The SMILES string of the molecule is Cc1cn([Si](C(C)C)(C(C)C)C(C)C)cc1B1OC(C)(C)C(C)(C)O1. The van der Waals surface area contributed by atoms with Crippen molar-refractivity contribution in [1.82, 2.24) is 4.23 Å². The predicted molar refractivity (Wildman–Crippen MR) is 111 cm³/mol. The summed E-state index contributed by atoms with van der Waals surface area (Å²) in [5, 5.41) is 0. The molecule has 1 saturated heterocycles. The normalized spacial score (nSPS) is 20.3. The Labute approximate surface area is 156 Å². The molecule has 1 fully saturated rings. The van der Waals surface area contributed by atoms with Crippen molar-refractivity contribution in [3.05, 3.63) is 18.0 Å². The fourth-order valence-electron chi connectivity index (χ4n) is 4.91. The minimum Gasteiger partial charge on any atom is -0.399 e. The molecule has 25 heavy (non-hydrogen) atoms. The Bertz CT molecular complexity index is 581. The molecule has 3 nitrogen and oxygen atoms in total. The number of aryl methyl sites for hydroxylation is 1. The first-order chi connectivity index (χ1) is 11.3. The van der Waals surface area contributed by atoms with Gasteiger partial charge < -0.3 is 13.5 Å². The highest BCUT2D eigenvalue weighted by Crippen LogP contribution is 2.43. The molecule has 1 aliphatic rings. The molecule has 1 aromatic rings. The summed E-state index contributed by atoms with van der Waals surface area (Å²) in [6.07, 6.45) is 4.69. The van der Waals surface area contributed by atoms with Crippen LogP contribution >= 0.6 is 0 Å². The molecule has 5 heteroatoms. The third-order valence-corrected chi connectivity index (χ3v) is 13.5. The van der Waals surface area contributed by atoms with Crippen molar-refractivity contribution in [2.75, 3.05) is 0 Å². The van der Waals surface area contributed by atoms with Gasteiger partial charge in [0.25, 0.3) is 0 Å². The Morgan fingerprint density at radius 3 is 1.60 bits per heavy atom. The second kappa shape index (κ2) is 6.58. The van der Waals surface area contributed by atoms with E-state index in [1.165, 1.54) is 11.0 Å². The molecule has 0 bridgehead atoms. The second-order valence-corrected chi connectivity index (χ2v) is 15.5. The van der Waals surface area contributed by atoms with Gasteiger partial charge in [-0.05, 0) is 69.2 Å². The summed E-state index contributed by atoms with van der Waals surface area (Å²) in [6, 6.07) is 0. The van der Waals surface area contributed by atoms with E-state index in [0.29, 0.717) is 16.6 Å². The standard InChI is InChI=1S/C20H38BNO2Si/c1-14(2)25(15(3)4,16(5)6)22-12-17(7)18(13-22)21-23-19(8,9)20(10,11)24-21/h12-16H,1-11H3. The Morgan fingerprint density at radius 2 is 1.24 bits per heavy atom. The van der Waals surface area contributed by atoms with E-state index in [0.717, 1.165) is 0 Å². The van der Waals surface area contributed by atoms with E-state index in [2.05, 4.69) is 92.8 Å². The maximum atomic E-state index is 6.32. The van der Waals surface area contributed by atoms with Crippen LogP contribution in [-0.4, -0.2) is 30.8 Å². The molecule has 0 aliphatic carbocycles. The zero-order valence-corrected chi connectivity index (χ0v) is 19.2. The van der Waals surface area contributed by atoms with Crippen LogP contribution in [0.5, 0.6) is 0 Å². The Balaban J connectivity index is 2.50. The molecule has 0 spiro atoms. The van der Waals surface area contributed by atoms with Gasteiger partial charge in [0.05, 0.1) is 11.2 Å². The zero-order valence-electron chi connectivity index (χ0n) is 18.2. The first kappa shape index (κ1) is 20.8. The summed E-state index contributed by atoms with van der Waals surface area (Å²) in [5.74, 6) is 0. The molecule has 0 amide bonds. The maximum absolute atomic E-state index is 6.32. The largest absolute Gasteiger partial charge is 0.496 e. The van der Waals surface area contributed by atoms with Crippen LogP contribution in [-0.2, 0) is 9.31 Å². The highest BCUT2D eigenvalue weighted by atomic mass is 28.3. The topological polar surface area (TPSA) is 23.4 Å². The van der Waals surface area contributed by atoms with E-state index in [4.69, 9.17) is 9.31 Å². The van der Waals surface area contributed by atoms with Crippen molar-refractivity contribution in [2.45, 2.75) is 104 Å². The quantitative estimate of drug-likeness (QED) is 0.678. The van der Waals surface area contributed by atoms with E-state index in [1.807, 2.05) is 0 Å². The molecule has 1 aromatic heterocycles. The number of hydrogen-bond donors (Lipinski definition) is 0. The van der Waals surface area contributed by atoms with E-state index in [1.54, 1.807) is 0 Å². The van der Waals surface area contributed by atoms with E-state index >= 15 is 0 Å². The molecular formula is C20H38BNO2Si. The van der Waals surface area contributed by atoms with Crippen LogP contribution in [0.2, 0.25) is 16.6 Å². The predicted octanol–water partition coefficient (Wildman–Crippen LogP) is 5.12. The monoisotopic (exact) mass is 363 g/mol. The van der Waals surface area contributed by atoms with Gasteiger partial charge in [-0.25, -0.2) is 0 Å². The van der Waals surface area contributed by atoms with Gasteiger partial charge >= 0.3 is 7.12 Å². The Morgan fingerprint density at radius 1 is 0.840 bits per heavy atom. The van der Waals surface area contributed by atoms with Gasteiger partial charge in [0.1, 0.15) is 0 Å². The summed E-state index contributed by atoms with van der Waals surface area (Å²) < 4.78 is 15.2. The average molecular weight is 363 g/mol. The van der Waals surface area contributed by atoms with Crippen LogP contribution in [0.1, 0.15) is 74.8 Å². The first-order valence-corrected chi connectivity index (χ1v) is 12.0. The minimum atomic E-state index is -1.73. The second-order valence-electron chi connectivity index (χ2n) is 9.74. The molecule has 2 rings (SSSR count). The molecule has 2 heterocycles. The molecular weight excluding hydrogens is 325 g/mol. The highest BCUT2D eigenvalue weighted by molar-refractivity contribution is 6.82. The lowest BCUT2D eigenvalue weighted by Crippen LogP contribution is -2.51. The number of aromatic nitrogens is 1. The van der Waals surface area contributed by atoms with Crippen LogP contribution < -0.4 is 5.46 Å². The summed E-state index contributed by atoms with van der Waals surface area (Å²) in [5.41, 5.74) is 3.89. The van der Waals surface area contributed by atoms with Crippen molar-refractivity contribution in [1.29, 1.82) is 0 Å². The lowest BCUT2D eigenvalue weighted by atomic mass is 9.79. The lowest BCUT2D eigenvalue weighted by molar-refractivity contribution is 0.00578. The van der Waals surface area contributed by atoms with Gasteiger partial charge in [0.2, 0.25) is 0 Å². The van der Waals surface area contributed by atoms with Crippen molar-refractivity contribution in [2.24, 2.45) is 0 Å². The van der Waals surface area contributed by atoms with Crippen molar-refractivity contribution in [3.63, 3.8) is 0 Å². The van der Waals surface area contributed by atoms with Crippen LogP contribution in [0, 0.1) is 6.92 Å². The molecule has 0 unspecified atom stereocenters.